The molecule has 0 aromatic heterocycles. The van der Waals surface area contributed by atoms with Gasteiger partial charge < -0.3 is 0 Å². The van der Waals surface area contributed by atoms with E-state index in [4.69, 9.17) is 0 Å². The van der Waals surface area contributed by atoms with Gasteiger partial charge in [-0.05, 0) is 46.6 Å². The molecule has 0 aliphatic heterocycles. The third kappa shape index (κ3) is 4.49. The fourth-order valence-corrected chi connectivity index (χ4v) is 3.37. The fourth-order valence-electron chi connectivity index (χ4n) is 2.04. The molecule has 1 fully saturated rings. The number of alkyl halides is 1. The van der Waals surface area contributed by atoms with Gasteiger partial charge in [0.2, 0.25) is 0 Å². The van der Waals surface area contributed by atoms with Gasteiger partial charge in [0.25, 0.3) is 0 Å². The molecule has 1 saturated carbocycles. The van der Waals surface area contributed by atoms with Gasteiger partial charge in [0.1, 0.15) is 0 Å². The largest absolute Gasteiger partial charge is 0.299 e. The van der Waals surface area contributed by atoms with Gasteiger partial charge in [0.05, 0.1) is 10.5 Å². The van der Waals surface area contributed by atoms with E-state index in [9.17, 15) is 8.42 Å². The van der Waals surface area contributed by atoms with E-state index in [1.54, 1.807) is 20.8 Å². The van der Waals surface area contributed by atoms with Crippen LogP contribution in [-0.4, -0.2) is 48.3 Å². The zero-order valence-electron chi connectivity index (χ0n) is 11.8. The summed E-state index contributed by atoms with van der Waals surface area (Å²) in [5.74, 6) is 0.287. The Morgan fingerprint density at radius 3 is 2.22 bits per heavy atom. The molecular weight excluding hydrogens is 314 g/mol. The quantitative estimate of drug-likeness (QED) is 0.669. The predicted molar refractivity (Wildman–Crippen MR) is 81.2 cm³/mol. The van der Waals surface area contributed by atoms with E-state index in [0.29, 0.717) is 12.6 Å². The van der Waals surface area contributed by atoms with Crippen molar-refractivity contribution < 1.29 is 8.42 Å². The average molecular weight is 340 g/mol. The number of hydrogen-bond acceptors (Lipinski definition) is 3. The molecular formula is C13H26BrNO2S. The minimum atomic E-state index is -2.99. The molecule has 0 unspecified atom stereocenters. The van der Waals surface area contributed by atoms with Crippen molar-refractivity contribution in [3.05, 3.63) is 0 Å². The van der Waals surface area contributed by atoms with Gasteiger partial charge in [0, 0.05) is 17.9 Å². The van der Waals surface area contributed by atoms with Crippen molar-refractivity contribution in [1.29, 1.82) is 0 Å². The molecule has 108 valence electrons. The molecule has 1 aliphatic carbocycles. The normalized spacial score (nSPS) is 18.1. The van der Waals surface area contributed by atoms with Gasteiger partial charge in [-0.2, -0.15) is 0 Å². The lowest BCUT2D eigenvalue weighted by Crippen LogP contribution is -2.44. The summed E-state index contributed by atoms with van der Waals surface area (Å²) >= 11 is 3.44. The maximum Gasteiger partial charge on any atom is 0.156 e. The first-order chi connectivity index (χ1) is 8.28. The highest BCUT2D eigenvalue weighted by Gasteiger charge is 2.31. The van der Waals surface area contributed by atoms with Crippen LogP contribution in [0.1, 0.15) is 46.5 Å². The SMILES string of the molecule is CC(C)(C)S(=O)(=O)CCN(CCCBr)C1CCC1. The van der Waals surface area contributed by atoms with Gasteiger partial charge in [-0.15, -0.1) is 0 Å². The third-order valence-corrected chi connectivity index (χ3v) is 6.90. The Kier molecular flexibility index (Phi) is 6.13. The lowest BCUT2D eigenvalue weighted by atomic mass is 9.91. The number of sulfone groups is 1. The van der Waals surface area contributed by atoms with Crippen LogP contribution in [0.5, 0.6) is 0 Å². The van der Waals surface area contributed by atoms with Crippen LogP contribution in [0.4, 0.5) is 0 Å². The molecule has 0 atom stereocenters. The molecule has 0 spiro atoms. The Hall–Kier alpha value is 0.390. The Bertz CT molecular complexity index is 344. The van der Waals surface area contributed by atoms with Crippen molar-refractivity contribution in [1.82, 2.24) is 4.90 Å². The highest BCUT2D eigenvalue weighted by molar-refractivity contribution is 9.09. The van der Waals surface area contributed by atoms with E-state index in [1.165, 1.54) is 19.3 Å². The maximum atomic E-state index is 12.1. The van der Waals surface area contributed by atoms with Gasteiger partial charge in [-0.25, -0.2) is 8.42 Å². The zero-order chi connectivity index (χ0) is 13.8. The second-order valence-electron chi connectivity index (χ2n) is 6.09. The minimum Gasteiger partial charge on any atom is -0.299 e. The third-order valence-electron chi connectivity index (χ3n) is 3.75. The molecule has 0 heterocycles. The van der Waals surface area contributed by atoms with Crippen LogP contribution >= 0.6 is 15.9 Å². The summed E-state index contributed by atoms with van der Waals surface area (Å²) in [5.41, 5.74) is 0. The highest BCUT2D eigenvalue weighted by atomic mass is 79.9. The van der Waals surface area contributed by atoms with Crippen LogP contribution in [-0.2, 0) is 9.84 Å². The predicted octanol–water partition coefficient (Wildman–Crippen LogP) is 2.84. The Balaban J connectivity index is 2.51. The van der Waals surface area contributed by atoms with Crippen LogP contribution in [0.2, 0.25) is 0 Å². The number of nitrogens with zero attached hydrogens (tertiary/aromatic N) is 1. The molecule has 0 saturated heterocycles. The summed E-state index contributed by atoms with van der Waals surface area (Å²) in [5, 5.41) is 0.988. The molecule has 18 heavy (non-hydrogen) atoms. The molecule has 1 aliphatic rings. The van der Waals surface area contributed by atoms with E-state index >= 15 is 0 Å². The topological polar surface area (TPSA) is 37.4 Å². The van der Waals surface area contributed by atoms with Crippen molar-refractivity contribution in [2.24, 2.45) is 0 Å². The van der Waals surface area contributed by atoms with E-state index < -0.39 is 14.6 Å². The van der Waals surface area contributed by atoms with Crippen LogP contribution in [0.3, 0.4) is 0 Å². The molecule has 0 amide bonds. The standard InChI is InChI=1S/C13H26BrNO2S/c1-13(2,3)18(16,17)11-10-15(9-5-8-14)12-6-4-7-12/h12H,4-11H2,1-3H3. The lowest BCUT2D eigenvalue weighted by Gasteiger charge is -2.38. The number of halogens is 1. The van der Waals surface area contributed by atoms with Crippen molar-refractivity contribution in [3.63, 3.8) is 0 Å². The Morgan fingerprint density at radius 1 is 1.22 bits per heavy atom. The van der Waals surface area contributed by atoms with Crippen molar-refractivity contribution >= 4 is 25.8 Å². The van der Waals surface area contributed by atoms with Crippen LogP contribution in [0.25, 0.3) is 0 Å². The van der Waals surface area contributed by atoms with Crippen LogP contribution < -0.4 is 0 Å². The highest BCUT2D eigenvalue weighted by Crippen LogP contribution is 2.25. The Morgan fingerprint density at radius 2 is 1.83 bits per heavy atom. The first-order valence-electron chi connectivity index (χ1n) is 6.80. The Labute approximate surface area is 120 Å². The van der Waals surface area contributed by atoms with E-state index in [2.05, 4.69) is 20.8 Å². The summed E-state index contributed by atoms with van der Waals surface area (Å²) in [4.78, 5) is 2.37. The second kappa shape index (κ2) is 6.71. The molecule has 5 heteroatoms. The molecule has 3 nitrogen and oxygen atoms in total. The van der Waals surface area contributed by atoms with E-state index in [0.717, 1.165) is 18.3 Å². The van der Waals surface area contributed by atoms with Crippen molar-refractivity contribution in [2.45, 2.75) is 57.2 Å². The fraction of sp³-hybridized carbons (Fsp3) is 1.00. The summed E-state index contributed by atoms with van der Waals surface area (Å²) in [6.45, 7) is 7.06. The monoisotopic (exact) mass is 339 g/mol. The van der Waals surface area contributed by atoms with E-state index in [1.807, 2.05) is 0 Å². The number of rotatable bonds is 7. The zero-order valence-corrected chi connectivity index (χ0v) is 14.2. The van der Waals surface area contributed by atoms with Crippen LogP contribution in [0.15, 0.2) is 0 Å². The molecule has 1 rings (SSSR count). The minimum absolute atomic E-state index is 0.287. The second-order valence-corrected chi connectivity index (χ2v) is 9.75. The molecule has 0 N–H and O–H groups in total. The molecule has 0 aromatic rings. The van der Waals surface area contributed by atoms with Gasteiger partial charge in [-0.1, -0.05) is 22.4 Å². The first kappa shape index (κ1) is 16.4. The summed E-state index contributed by atoms with van der Waals surface area (Å²) < 4.78 is 23.6. The summed E-state index contributed by atoms with van der Waals surface area (Å²) in [6.07, 6.45) is 4.85. The molecule has 0 bridgehead atoms. The average Bonchev–Trinajstić information content (AvgIpc) is 2.17. The van der Waals surface area contributed by atoms with Crippen LogP contribution in [0, 0.1) is 0 Å². The summed E-state index contributed by atoms with van der Waals surface area (Å²) in [7, 11) is -2.99. The smallest absolute Gasteiger partial charge is 0.156 e. The summed E-state index contributed by atoms with van der Waals surface area (Å²) in [6, 6.07) is 0.624. The lowest BCUT2D eigenvalue weighted by molar-refractivity contribution is 0.135. The van der Waals surface area contributed by atoms with Crippen molar-refractivity contribution in [3.8, 4) is 0 Å². The molecule has 0 aromatic carbocycles. The molecule has 0 radical (unpaired) electrons. The van der Waals surface area contributed by atoms with Gasteiger partial charge in [-0.3, -0.25) is 4.90 Å². The first-order valence-corrected chi connectivity index (χ1v) is 9.57. The maximum absolute atomic E-state index is 12.1. The number of hydrogen-bond donors (Lipinski definition) is 0. The van der Waals surface area contributed by atoms with E-state index in [-0.39, 0.29) is 5.75 Å². The van der Waals surface area contributed by atoms with Gasteiger partial charge in [0.15, 0.2) is 9.84 Å². The van der Waals surface area contributed by atoms with Gasteiger partial charge >= 0.3 is 0 Å². The van der Waals surface area contributed by atoms with Crippen molar-refractivity contribution in [2.75, 3.05) is 24.2 Å².